The second kappa shape index (κ2) is 6.99. The van der Waals surface area contributed by atoms with Gasteiger partial charge in [-0.25, -0.2) is 0 Å². The first kappa shape index (κ1) is 13.7. The first-order chi connectivity index (χ1) is 9.25. The number of rotatable bonds is 7. The topological polar surface area (TPSA) is 67.8 Å². The number of hydrogen-bond donors (Lipinski definition) is 2. The molecule has 0 radical (unpaired) electrons. The number of benzene rings is 1. The SMILES string of the molecule is O=C(O)CCCCNCc1ccc2c(c1)OCCO2. The van der Waals surface area contributed by atoms with E-state index < -0.39 is 5.97 Å². The number of fused-ring (bicyclic) bond motifs is 1. The van der Waals surface area contributed by atoms with Crippen LogP contribution >= 0.6 is 0 Å². The van der Waals surface area contributed by atoms with Gasteiger partial charge < -0.3 is 19.9 Å². The normalized spacial score (nSPS) is 13.3. The second-order valence-corrected chi connectivity index (χ2v) is 4.51. The molecule has 5 nitrogen and oxygen atoms in total. The van der Waals surface area contributed by atoms with E-state index >= 15 is 0 Å². The minimum atomic E-state index is -0.730. The highest BCUT2D eigenvalue weighted by atomic mass is 16.6. The van der Waals surface area contributed by atoms with E-state index in [1.165, 1.54) is 0 Å². The van der Waals surface area contributed by atoms with E-state index in [1.54, 1.807) is 0 Å². The molecule has 5 heteroatoms. The number of carboxylic acids is 1. The van der Waals surface area contributed by atoms with Crippen molar-refractivity contribution in [1.29, 1.82) is 0 Å². The number of carboxylic acid groups (broad SMARTS) is 1. The Morgan fingerprint density at radius 3 is 2.79 bits per heavy atom. The first-order valence-corrected chi connectivity index (χ1v) is 6.57. The molecule has 0 fully saturated rings. The zero-order valence-corrected chi connectivity index (χ0v) is 10.9. The van der Waals surface area contributed by atoms with Crippen molar-refractivity contribution in [3.63, 3.8) is 0 Å². The van der Waals surface area contributed by atoms with Gasteiger partial charge >= 0.3 is 5.97 Å². The molecule has 2 rings (SSSR count). The molecule has 1 aliphatic heterocycles. The minimum Gasteiger partial charge on any atom is -0.486 e. The summed E-state index contributed by atoms with van der Waals surface area (Å²) in [6.07, 6.45) is 1.83. The van der Waals surface area contributed by atoms with Gasteiger partial charge in [-0.15, -0.1) is 0 Å². The van der Waals surface area contributed by atoms with Gasteiger partial charge in [0.25, 0.3) is 0 Å². The van der Waals surface area contributed by atoms with E-state index in [2.05, 4.69) is 5.32 Å². The van der Waals surface area contributed by atoms with Crippen LogP contribution in [0.5, 0.6) is 11.5 Å². The van der Waals surface area contributed by atoms with Crippen LogP contribution in [0.3, 0.4) is 0 Å². The van der Waals surface area contributed by atoms with Crippen molar-refractivity contribution in [1.82, 2.24) is 5.32 Å². The molecule has 0 spiro atoms. The van der Waals surface area contributed by atoms with Gasteiger partial charge in [-0.05, 0) is 37.1 Å². The van der Waals surface area contributed by atoms with Crippen LogP contribution in [0.25, 0.3) is 0 Å². The summed E-state index contributed by atoms with van der Waals surface area (Å²) in [5.41, 5.74) is 1.14. The summed E-state index contributed by atoms with van der Waals surface area (Å²) in [7, 11) is 0. The van der Waals surface area contributed by atoms with Crippen molar-refractivity contribution >= 4 is 5.97 Å². The lowest BCUT2D eigenvalue weighted by molar-refractivity contribution is -0.137. The van der Waals surface area contributed by atoms with E-state index in [0.717, 1.165) is 36.6 Å². The Balaban J connectivity index is 1.70. The molecule has 1 heterocycles. The molecule has 0 saturated carbocycles. The van der Waals surface area contributed by atoms with Crippen molar-refractivity contribution in [2.45, 2.75) is 25.8 Å². The van der Waals surface area contributed by atoms with Gasteiger partial charge in [-0.3, -0.25) is 4.79 Å². The fourth-order valence-electron chi connectivity index (χ4n) is 1.96. The van der Waals surface area contributed by atoms with Crippen LogP contribution < -0.4 is 14.8 Å². The van der Waals surface area contributed by atoms with Gasteiger partial charge in [0.2, 0.25) is 0 Å². The molecule has 0 aromatic heterocycles. The van der Waals surface area contributed by atoms with Crippen LogP contribution in [0.4, 0.5) is 0 Å². The lowest BCUT2D eigenvalue weighted by Gasteiger charge is -2.19. The predicted molar refractivity (Wildman–Crippen MR) is 70.6 cm³/mol. The molecule has 0 saturated heterocycles. The van der Waals surface area contributed by atoms with E-state index in [1.807, 2.05) is 18.2 Å². The van der Waals surface area contributed by atoms with Gasteiger partial charge in [-0.2, -0.15) is 0 Å². The van der Waals surface area contributed by atoms with Crippen molar-refractivity contribution in [3.05, 3.63) is 23.8 Å². The van der Waals surface area contributed by atoms with Crippen molar-refractivity contribution < 1.29 is 19.4 Å². The third-order valence-electron chi connectivity index (χ3n) is 2.93. The first-order valence-electron chi connectivity index (χ1n) is 6.57. The Morgan fingerprint density at radius 2 is 2.00 bits per heavy atom. The molecule has 19 heavy (non-hydrogen) atoms. The molecular weight excluding hydrogens is 246 g/mol. The Hall–Kier alpha value is -1.75. The molecule has 104 valence electrons. The Bertz CT molecular complexity index is 433. The summed E-state index contributed by atoms with van der Waals surface area (Å²) in [6, 6.07) is 5.92. The number of ether oxygens (including phenoxy) is 2. The molecular formula is C14H19NO4. The zero-order valence-electron chi connectivity index (χ0n) is 10.9. The fourth-order valence-corrected chi connectivity index (χ4v) is 1.96. The summed E-state index contributed by atoms with van der Waals surface area (Å²) in [6.45, 7) is 2.78. The van der Waals surface area contributed by atoms with Crippen LogP contribution in [0.1, 0.15) is 24.8 Å². The molecule has 0 bridgehead atoms. The van der Waals surface area contributed by atoms with Crippen LogP contribution in [0.15, 0.2) is 18.2 Å². The zero-order chi connectivity index (χ0) is 13.5. The summed E-state index contributed by atoms with van der Waals surface area (Å²) < 4.78 is 11.0. The van der Waals surface area contributed by atoms with E-state index in [9.17, 15) is 4.79 Å². The summed E-state index contributed by atoms with van der Waals surface area (Å²) in [5, 5.41) is 11.8. The van der Waals surface area contributed by atoms with Gasteiger partial charge in [0.15, 0.2) is 11.5 Å². The monoisotopic (exact) mass is 265 g/mol. The molecule has 1 aromatic carbocycles. The lowest BCUT2D eigenvalue weighted by Crippen LogP contribution is -2.17. The fraction of sp³-hybridized carbons (Fsp3) is 0.500. The van der Waals surface area contributed by atoms with Crippen LogP contribution in [0, 0.1) is 0 Å². The third kappa shape index (κ3) is 4.44. The second-order valence-electron chi connectivity index (χ2n) is 4.51. The van der Waals surface area contributed by atoms with E-state index in [0.29, 0.717) is 19.6 Å². The number of carbonyl (C=O) groups is 1. The highest BCUT2D eigenvalue weighted by Crippen LogP contribution is 2.30. The molecule has 0 amide bonds. The summed E-state index contributed by atoms with van der Waals surface area (Å²) in [4.78, 5) is 10.3. The average Bonchev–Trinajstić information content (AvgIpc) is 2.42. The van der Waals surface area contributed by atoms with E-state index in [-0.39, 0.29) is 6.42 Å². The van der Waals surface area contributed by atoms with Crippen LogP contribution in [-0.4, -0.2) is 30.8 Å². The number of hydrogen-bond acceptors (Lipinski definition) is 4. The highest BCUT2D eigenvalue weighted by molar-refractivity contribution is 5.66. The number of unbranched alkanes of at least 4 members (excludes halogenated alkanes) is 1. The lowest BCUT2D eigenvalue weighted by atomic mass is 10.2. The summed E-state index contributed by atoms with van der Waals surface area (Å²) in [5.74, 6) is 0.875. The number of aliphatic carboxylic acids is 1. The molecule has 2 N–H and O–H groups in total. The predicted octanol–water partition coefficient (Wildman–Crippen LogP) is 1.80. The third-order valence-corrected chi connectivity index (χ3v) is 2.93. The highest BCUT2D eigenvalue weighted by Gasteiger charge is 2.11. The maximum Gasteiger partial charge on any atom is 0.303 e. The summed E-state index contributed by atoms with van der Waals surface area (Å²) >= 11 is 0. The smallest absolute Gasteiger partial charge is 0.303 e. The molecule has 0 aliphatic carbocycles. The maximum absolute atomic E-state index is 10.3. The van der Waals surface area contributed by atoms with Crippen LogP contribution in [0.2, 0.25) is 0 Å². The molecule has 0 unspecified atom stereocenters. The Labute approximate surface area is 112 Å². The maximum atomic E-state index is 10.3. The van der Waals surface area contributed by atoms with Gasteiger partial charge in [0.1, 0.15) is 13.2 Å². The molecule has 1 aliphatic rings. The quantitative estimate of drug-likeness (QED) is 0.736. The average molecular weight is 265 g/mol. The van der Waals surface area contributed by atoms with Crippen LogP contribution in [-0.2, 0) is 11.3 Å². The van der Waals surface area contributed by atoms with E-state index in [4.69, 9.17) is 14.6 Å². The van der Waals surface area contributed by atoms with Gasteiger partial charge in [0, 0.05) is 13.0 Å². The van der Waals surface area contributed by atoms with Gasteiger partial charge in [0.05, 0.1) is 0 Å². The standard InChI is InChI=1S/C14H19NO4/c16-14(17)3-1-2-6-15-10-11-4-5-12-13(9-11)19-8-7-18-12/h4-5,9,15H,1-3,6-8,10H2,(H,16,17). The Kier molecular flexibility index (Phi) is 5.03. The number of nitrogens with one attached hydrogen (secondary N) is 1. The molecule has 0 atom stereocenters. The Morgan fingerprint density at radius 1 is 1.21 bits per heavy atom. The van der Waals surface area contributed by atoms with Crippen molar-refractivity contribution in [3.8, 4) is 11.5 Å². The van der Waals surface area contributed by atoms with Crippen molar-refractivity contribution in [2.24, 2.45) is 0 Å². The van der Waals surface area contributed by atoms with Crippen molar-refractivity contribution in [2.75, 3.05) is 19.8 Å². The minimum absolute atomic E-state index is 0.242. The largest absolute Gasteiger partial charge is 0.486 e. The van der Waals surface area contributed by atoms with Gasteiger partial charge in [-0.1, -0.05) is 6.07 Å². The molecule has 1 aromatic rings.